The quantitative estimate of drug-likeness (QED) is 0.764. The van der Waals surface area contributed by atoms with E-state index in [-0.39, 0.29) is 18.2 Å². The monoisotopic (exact) mass is 325 g/mol. The van der Waals surface area contributed by atoms with E-state index in [9.17, 15) is 4.79 Å². The Morgan fingerprint density at radius 1 is 1.17 bits per heavy atom. The summed E-state index contributed by atoms with van der Waals surface area (Å²) >= 11 is 0. The Morgan fingerprint density at radius 2 is 1.96 bits per heavy atom. The normalized spacial score (nSPS) is 15.4. The molecule has 1 aliphatic carbocycles. The maximum absolute atomic E-state index is 12.1. The molecule has 0 radical (unpaired) electrons. The van der Waals surface area contributed by atoms with Gasteiger partial charge in [0.05, 0.1) is 0 Å². The fraction of sp³-hybridized carbons (Fsp3) is 0.368. The highest BCUT2D eigenvalue weighted by Crippen LogP contribution is 2.34. The number of nitrogens with one attached hydrogen (secondary N) is 2. The van der Waals surface area contributed by atoms with Crippen molar-refractivity contribution in [1.29, 1.82) is 0 Å². The van der Waals surface area contributed by atoms with E-state index in [1.54, 1.807) is 6.20 Å². The number of amides is 2. The second-order valence-electron chi connectivity index (χ2n) is 6.35. The summed E-state index contributed by atoms with van der Waals surface area (Å²) in [5, 5.41) is 15.0. The third-order valence-corrected chi connectivity index (χ3v) is 4.68. The number of hydrogen-bond donors (Lipinski definition) is 3. The second kappa shape index (κ2) is 7.45. The first kappa shape index (κ1) is 16.5. The van der Waals surface area contributed by atoms with Crippen LogP contribution >= 0.6 is 0 Å². The van der Waals surface area contributed by atoms with Crippen molar-refractivity contribution in [2.75, 3.05) is 6.61 Å². The first-order chi connectivity index (χ1) is 11.7. The van der Waals surface area contributed by atoms with Crippen molar-refractivity contribution in [3.8, 4) is 11.1 Å². The summed E-state index contributed by atoms with van der Waals surface area (Å²) in [5.74, 6) is 0. The van der Waals surface area contributed by atoms with E-state index in [0.717, 1.165) is 36.0 Å². The van der Waals surface area contributed by atoms with Gasteiger partial charge in [-0.3, -0.25) is 4.98 Å². The van der Waals surface area contributed by atoms with Crippen LogP contribution in [0.3, 0.4) is 0 Å². The third-order valence-electron chi connectivity index (χ3n) is 4.68. The summed E-state index contributed by atoms with van der Waals surface area (Å²) in [7, 11) is 0. The fourth-order valence-electron chi connectivity index (χ4n) is 3.07. The van der Waals surface area contributed by atoms with E-state index in [1.165, 1.54) is 0 Å². The molecule has 0 saturated heterocycles. The molecule has 1 heterocycles. The number of carbonyl (C=O) groups is 1. The van der Waals surface area contributed by atoms with Crippen molar-refractivity contribution in [2.24, 2.45) is 0 Å². The summed E-state index contributed by atoms with van der Waals surface area (Å²) in [4.78, 5) is 16.2. The minimum absolute atomic E-state index is 0.107. The summed E-state index contributed by atoms with van der Waals surface area (Å²) in [6.45, 7) is 0.588. The average molecular weight is 325 g/mol. The SMILES string of the molecule is O=C(NCc1ccc(-c2cccnc2)cc1)NC1(CCO)CCC1. The number of hydrogen-bond acceptors (Lipinski definition) is 3. The molecule has 0 atom stereocenters. The van der Waals surface area contributed by atoms with Crippen molar-refractivity contribution < 1.29 is 9.90 Å². The molecule has 1 fully saturated rings. The Balaban J connectivity index is 1.52. The first-order valence-electron chi connectivity index (χ1n) is 8.37. The Morgan fingerprint density at radius 3 is 2.54 bits per heavy atom. The Labute approximate surface area is 142 Å². The van der Waals surface area contributed by atoms with E-state index in [0.29, 0.717) is 13.0 Å². The van der Waals surface area contributed by atoms with Crippen LogP contribution in [-0.4, -0.2) is 28.3 Å². The van der Waals surface area contributed by atoms with Gasteiger partial charge in [0.1, 0.15) is 0 Å². The largest absolute Gasteiger partial charge is 0.396 e. The maximum Gasteiger partial charge on any atom is 0.315 e. The van der Waals surface area contributed by atoms with E-state index < -0.39 is 0 Å². The minimum Gasteiger partial charge on any atom is -0.396 e. The second-order valence-corrected chi connectivity index (χ2v) is 6.35. The van der Waals surface area contributed by atoms with E-state index >= 15 is 0 Å². The first-order valence-corrected chi connectivity index (χ1v) is 8.37. The Bertz CT molecular complexity index is 667. The number of pyridine rings is 1. The predicted molar refractivity (Wildman–Crippen MR) is 93.3 cm³/mol. The number of carbonyl (C=O) groups excluding carboxylic acids is 1. The number of urea groups is 1. The summed E-state index contributed by atoms with van der Waals surface area (Å²) in [6, 6.07) is 11.9. The molecule has 2 amide bonds. The number of aliphatic hydroxyl groups excluding tert-OH is 1. The van der Waals surface area contributed by atoms with Crippen LogP contribution in [0.4, 0.5) is 4.79 Å². The van der Waals surface area contributed by atoms with Crippen LogP contribution in [0.1, 0.15) is 31.2 Å². The van der Waals surface area contributed by atoms with Gasteiger partial charge in [-0.2, -0.15) is 0 Å². The van der Waals surface area contributed by atoms with Crippen LogP contribution < -0.4 is 10.6 Å². The van der Waals surface area contributed by atoms with Crippen molar-refractivity contribution in [2.45, 2.75) is 37.8 Å². The molecule has 24 heavy (non-hydrogen) atoms. The van der Waals surface area contributed by atoms with Crippen LogP contribution in [0.5, 0.6) is 0 Å². The molecule has 3 rings (SSSR count). The summed E-state index contributed by atoms with van der Waals surface area (Å²) < 4.78 is 0. The maximum atomic E-state index is 12.1. The molecule has 1 aromatic carbocycles. The number of rotatable bonds is 6. The van der Waals surface area contributed by atoms with Crippen molar-refractivity contribution in [1.82, 2.24) is 15.6 Å². The molecule has 1 saturated carbocycles. The Hall–Kier alpha value is -2.40. The van der Waals surface area contributed by atoms with Crippen LogP contribution in [0, 0.1) is 0 Å². The van der Waals surface area contributed by atoms with Gasteiger partial charge < -0.3 is 15.7 Å². The van der Waals surface area contributed by atoms with Crippen molar-refractivity contribution >= 4 is 6.03 Å². The predicted octanol–water partition coefficient (Wildman–Crippen LogP) is 2.85. The van der Waals surface area contributed by atoms with Gasteiger partial charge >= 0.3 is 6.03 Å². The van der Waals surface area contributed by atoms with Gasteiger partial charge in [-0.15, -0.1) is 0 Å². The molecular weight excluding hydrogens is 302 g/mol. The van der Waals surface area contributed by atoms with Gasteiger partial charge in [0.15, 0.2) is 0 Å². The zero-order chi connectivity index (χ0) is 16.8. The van der Waals surface area contributed by atoms with Gasteiger partial charge in [-0.05, 0) is 48.4 Å². The van der Waals surface area contributed by atoms with E-state index in [2.05, 4.69) is 15.6 Å². The lowest BCUT2D eigenvalue weighted by atomic mass is 9.74. The highest BCUT2D eigenvalue weighted by atomic mass is 16.3. The third kappa shape index (κ3) is 3.92. The van der Waals surface area contributed by atoms with Gasteiger partial charge in [0.2, 0.25) is 0 Å². The molecule has 5 heteroatoms. The lowest BCUT2D eigenvalue weighted by Gasteiger charge is -2.42. The smallest absolute Gasteiger partial charge is 0.315 e. The number of nitrogens with zero attached hydrogens (tertiary/aromatic N) is 1. The lowest BCUT2D eigenvalue weighted by molar-refractivity contribution is 0.135. The molecule has 2 aromatic rings. The summed E-state index contributed by atoms with van der Waals surface area (Å²) in [6.07, 6.45) is 7.21. The molecule has 1 aliphatic rings. The standard InChI is InChI=1S/C19H23N3O2/c23-12-10-19(8-2-9-19)22-18(24)21-13-15-4-6-16(7-5-15)17-3-1-11-20-14-17/h1,3-7,11,14,23H,2,8-10,12-13H2,(H2,21,22,24). The molecule has 3 N–H and O–H groups in total. The molecule has 1 aromatic heterocycles. The zero-order valence-electron chi connectivity index (χ0n) is 13.7. The fourth-order valence-corrected chi connectivity index (χ4v) is 3.07. The van der Waals surface area contributed by atoms with E-state index in [4.69, 9.17) is 5.11 Å². The van der Waals surface area contributed by atoms with Gasteiger partial charge in [-0.25, -0.2) is 4.79 Å². The van der Waals surface area contributed by atoms with Crippen LogP contribution in [0.25, 0.3) is 11.1 Å². The molecule has 5 nitrogen and oxygen atoms in total. The highest BCUT2D eigenvalue weighted by molar-refractivity contribution is 5.75. The number of benzene rings is 1. The number of aliphatic hydroxyl groups is 1. The minimum atomic E-state index is -0.205. The topological polar surface area (TPSA) is 74.2 Å². The molecule has 126 valence electrons. The molecule has 0 aliphatic heterocycles. The Kier molecular flexibility index (Phi) is 5.11. The van der Waals surface area contributed by atoms with Crippen LogP contribution in [0.2, 0.25) is 0 Å². The van der Waals surface area contributed by atoms with Gasteiger partial charge in [0.25, 0.3) is 0 Å². The zero-order valence-corrected chi connectivity index (χ0v) is 13.7. The lowest BCUT2D eigenvalue weighted by Crippen LogP contribution is -2.56. The van der Waals surface area contributed by atoms with Crippen LogP contribution in [-0.2, 0) is 6.54 Å². The number of aromatic nitrogens is 1. The van der Waals surface area contributed by atoms with Gasteiger partial charge in [0, 0.05) is 31.1 Å². The summed E-state index contributed by atoms with van der Waals surface area (Å²) in [5.41, 5.74) is 3.02. The highest BCUT2D eigenvalue weighted by Gasteiger charge is 2.37. The van der Waals surface area contributed by atoms with Gasteiger partial charge in [-0.1, -0.05) is 30.3 Å². The average Bonchev–Trinajstić information content (AvgIpc) is 2.59. The van der Waals surface area contributed by atoms with Crippen molar-refractivity contribution in [3.63, 3.8) is 0 Å². The molecule has 0 bridgehead atoms. The molecule has 0 spiro atoms. The van der Waals surface area contributed by atoms with E-state index in [1.807, 2.05) is 42.6 Å². The molecular formula is C19H23N3O2. The van der Waals surface area contributed by atoms with Crippen molar-refractivity contribution in [3.05, 3.63) is 54.4 Å². The molecule has 0 unspecified atom stereocenters. The van der Waals surface area contributed by atoms with Crippen LogP contribution in [0.15, 0.2) is 48.8 Å².